The van der Waals surface area contributed by atoms with E-state index in [0.29, 0.717) is 48.5 Å². The number of benzene rings is 1. The standard InChI is InChI=1S/C27H31N7O5/c35-24-17-34(27(38)20-6-4-8-28-15-20)11-2-1-9-31-26(37)23(14-21-16-29-18-32-21)33-25(36)19-5-3-7-22(13-19)39-12-10-30-24/h3-8,13,15-16,18,23H,1-2,9-12,14,17H2,(H,29,32)(H,30,35)(H,31,37)(H,33,36)/t23-/m0/s1. The Morgan fingerprint density at radius 1 is 1.03 bits per heavy atom. The largest absolute Gasteiger partial charge is 0.492 e. The Kier molecular flexibility index (Phi) is 9.59. The predicted molar refractivity (Wildman–Crippen MR) is 141 cm³/mol. The fourth-order valence-electron chi connectivity index (χ4n) is 4.07. The Hall–Kier alpha value is -4.74. The molecule has 1 atom stereocenters. The van der Waals surface area contributed by atoms with Gasteiger partial charge < -0.3 is 30.6 Å². The number of hydrogen-bond acceptors (Lipinski definition) is 7. The number of rotatable bonds is 3. The van der Waals surface area contributed by atoms with E-state index in [1.165, 1.54) is 17.4 Å². The van der Waals surface area contributed by atoms with Gasteiger partial charge in [0.1, 0.15) is 18.4 Å². The van der Waals surface area contributed by atoms with Gasteiger partial charge in [-0.05, 0) is 43.2 Å². The monoisotopic (exact) mass is 533 g/mol. The number of carbonyl (C=O) groups is 4. The van der Waals surface area contributed by atoms with Crippen molar-refractivity contribution in [2.24, 2.45) is 0 Å². The van der Waals surface area contributed by atoms with Gasteiger partial charge in [-0.25, -0.2) is 4.98 Å². The minimum absolute atomic E-state index is 0.125. The second-order valence-electron chi connectivity index (χ2n) is 9.00. The zero-order valence-electron chi connectivity index (χ0n) is 21.4. The maximum absolute atomic E-state index is 13.0. The number of imidazole rings is 1. The number of nitrogens with zero attached hydrogens (tertiary/aromatic N) is 3. The molecular formula is C27H31N7O5. The van der Waals surface area contributed by atoms with E-state index < -0.39 is 11.9 Å². The van der Waals surface area contributed by atoms with Gasteiger partial charge in [0.2, 0.25) is 11.8 Å². The van der Waals surface area contributed by atoms with Gasteiger partial charge >= 0.3 is 0 Å². The Morgan fingerprint density at radius 2 is 1.92 bits per heavy atom. The molecule has 0 radical (unpaired) electrons. The van der Waals surface area contributed by atoms with Gasteiger partial charge in [0.15, 0.2) is 0 Å². The molecule has 0 fully saturated rings. The maximum Gasteiger partial charge on any atom is 0.255 e. The fourth-order valence-corrected chi connectivity index (χ4v) is 4.07. The third kappa shape index (κ3) is 8.12. The van der Waals surface area contributed by atoms with Gasteiger partial charge in [-0.15, -0.1) is 0 Å². The molecule has 4 N–H and O–H groups in total. The van der Waals surface area contributed by atoms with E-state index in [-0.39, 0.29) is 43.8 Å². The highest BCUT2D eigenvalue weighted by atomic mass is 16.5. The highest BCUT2D eigenvalue weighted by molar-refractivity contribution is 5.98. The highest BCUT2D eigenvalue weighted by Gasteiger charge is 2.23. The van der Waals surface area contributed by atoms with Crippen LogP contribution in [0, 0.1) is 0 Å². The maximum atomic E-state index is 13.0. The van der Waals surface area contributed by atoms with Gasteiger partial charge in [0.05, 0.1) is 25.0 Å². The van der Waals surface area contributed by atoms with Crippen molar-refractivity contribution in [1.29, 1.82) is 0 Å². The van der Waals surface area contributed by atoms with E-state index in [2.05, 4.69) is 30.9 Å². The van der Waals surface area contributed by atoms with Crippen LogP contribution in [-0.4, -0.2) is 82.3 Å². The molecule has 4 amide bonds. The fraction of sp³-hybridized carbons (Fsp3) is 0.333. The molecule has 1 aliphatic rings. The Balaban J connectivity index is 1.49. The molecule has 3 aromatic rings. The first-order valence-electron chi connectivity index (χ1n) is 12.7. The van der Waals surface area contributed by atoms with Gasteiger partial charge in [-0.2, -0.15) is 0 Å². The predicted octanol–water partition coefficient (Wildman–Crippen LogP) is 0.693. The third-order valence-electron chi connectivity index (χ3n) is 6.07. The first-order chi connectivity index (χ1) is 19.0. The van der Waals surface area contributed by atoms with Crippen LogP contribution in [0.1, 0.15) is 39.3 Å². The van der Waals surface area contributed by atoms with E-state index in [1.807, 2.05) is 0 Å². The molecule has 1 aromatic carbocycles. The lowest BCUT2D eigenvalue weighted by Crippen LogP contribution is -2.48. The van der Waals surface area contributed by atoms with Crippen LogP contribution < -0.4 is 20.7 Å². The number of pyridine rings is 1. The molecule has 0 saturated heterocycles. The van der Waals surface area contributed by atoms with E-state index in [9.17, 15) is 19.2 Å². The number of nitrogens with one attached hydrogen (secondary N) is 4. The molecule has 0 unspecified atom stereocenters. The second-order valence-corrected chi connectivity index (χ2v) is 9.00. The number of fused-ring (bicyclic) bond motifs is 2. The summed E-state index contributed by atoms with van der Waals surface area (Å²) < 4.78 is 5.71. The number of H-pyrrole nitrogens is 1. The molecule has 1 aliphatic heterocycles. The minimum atomic E-state index is -0.838. The van der Waals surface area contributed by atoms with Gasteiger partial charge in [0, 0.05) is 49.4 Å². The molecule has 2 bridgehead atoms. The molecule has 12 nitrogen and oxygen atoms in total. The van der Waals surface area contributed by atoms with Gasteiger partial charge in [-0.3, -0.25) is 24.2 Å². The number of aromatic amines is 1. The summed E-state index contributed by atoms with van der Waals surface area (Å²) in [6, 6.07) is 9.06. The second kappa shape index (κ2) is 13.7. The van der Waals surface area contributed by atoms with Crippen LogP contribution in [-0.2, 0) is 16.0 Å². The first kappa shape index (κ1) is 27.3. The number of ether oxygens (including phenoxy) is 1. The number of amides is 4. The SMILES string of the molecule is O=C1CN(C(=O)c2cccnc2)CCCCNC(=O)[C@H](Cc2cnc[nH]2)NC(=O)c2cccc(c2)OCCN1. The summed E-state index contributed by atoms with van der Waals surface area (Å²) in [5.41, 5.74) is 1.42. The van der Waals surface area contributed by atoms with Crippen molar-refractivity contribution in [2.45, 2.75) is 25.3 Å². The normalized spacial score (nSPS) is 17.9. The molecule has 3 heterocycles. The van der Waals surface area contributed by atoms with E-state index in [1.54, 1.807) is 48.8 Å². The quantitative estimate of drug-likeness (QED) is 0.386. The molecule has 2 aromatic heterocycles. The van der Waals surface area contributed by atoms with Crippen molar-refractivity contribution in [3.63, 3.8) is 0 Å². The van der Waals surface area contributed by atoms with E-state index in [4.69, 9.17) is 4.74 Å². The topological polar surface area (TPSA) is 158 Å². The van der Waals surface area contributed by atoms with Crippen molar-refractivity contribution in [1.82, 2.24) is 35.8 Å². The van der Waals surface area contributed by atoms with Crippen LogP contribution in [0.15, 0.2) is 61.3 Å². The number of aromatic nitrogens is 3. The molecule has 4 rings (SSSR count). The van der Waals surface area contributed by atoms with E-state index in [0.717, 1.165) is 0 Å². The summed E-state index contributed by atoms with van der Waals surface area (Å²) in [5, 5.41) is 8.43. The van der Waals surface area contributed by atoms with Crippen LogP contribution in [0.5, 0.6) is 5.75 Å². The summed E-state index contributed by atoms with van der Waals surface area (Å²) in [7, 11) is 0. The van der Waals surface area contributed by atoms with Crippen molar-refractivity contribution in [2.75, 3.05) is 32.8 Å². The molecule has 0 aliphatic carbocycles. The lowest BCUT2D eigenvalue weighted by Gasteiger charge is -2.22. The Bertz CT molecular complexity index is 1270. The molecule has 0 spiro atoms. The zero-order valence-corrected chi connectivity index (χ0v) is 21.4. The molecule has 12 heteroatoms. The van der Waals surface area contributed by atoms with Crippen LogP contribution in [0.3, 0.4) is 0 Å². The van der Waals surface area contributed by atoms with E-state index >= 15 is 0 Å². The summed E-state index contributed by atoms with van der Waals surface area (Å²) in [6.45, 7) is 0.902. The minimum Gasteiger partial charge on any atom is -0.492 e. The van der Waals surface area contributed by atoms with Crippen molar-refractivity contribution in [3.05, 3.63) is 78.1 Å². The summed E-state index contributed by atoms with van der Waals surface area (Å²) in [6.07, 6.45) is 7.49. The zero-order chi connectivity index (χ0) is 27.5. The lowest BCUT2D eigenvalue weighted by atomic mass is 10.1. The van der Waals surface area contributed by atoms with Crippen molar-refractivity contribution >= 4 is 23.6 Å². The molecule has 39 heavy (non-hydrogen) atoms. The highest BCUT2D eigenvalue weighted by Crippen LogP contribution is 2.14. The average molecular weight is 534 g/mol. The van der Waals surface area contributed by atoms with Crippen LogP contribution in [0.25, 0.3) is 0 Å². The van der Waals surface area contributed by atoms with Gasteiger partial charge in [0.25, 0.3) is 11.8 Å². The summed E-state index contributed by atoms with van der Waals surface area (Å²) in [4.78, 5) is 64.1. The lowest BCUT2D eigenvalue weighted by molar-refractivity contribution is -0.123. The average Bonchev–Trinajstić information content (AvgIpc) is 3.47. The van der Waals surface area contributed by atoms with Crippen LogP contribution >= 0.6 is 0 Å². The van der Waals surface area contributed by atoms with Gasteiger partial charge in [-0.1, -0.05) is 6.07 Å². The van der Waals surface area contributed by atoms with Crippen LogP contribution in [0.4, 0.5) is 0 Å². The third-order valence-corrected chi connectivity index (χ3v) is 6.07. The van der Waals surface area contributed by atoms with Crippen molar-refractivity contribution < 1.29 is 23.9 Å². The molecular weight excluding hydrogens is 502 g/mol. The smallest absolute Gasteiger partial charge is 0.255 e. The van der Waals surface area contributed by atoms with Crippen LogP contribution in [0.2, 0.25) is 0 Å². The van der Waals surface area contributed by atoms with Crippen molar-refractivity contribution in [3.8, 4) is 5.75 Å². The number of hydrogen-bond donors (Lipinski definition) is 4. The first-order valence-corrected chi connectivity index (χ1v) is 12.7. The number of carbonyl (C=O) groups excluding carboxylic acids is 4. The molecule has 204 valence electrons. The molecule has 0 saturated carbocycles. The Labute approximate surface area is 225 Å². The Morgan fingerprint density at radius 3 is 2.72 bits per heavy atom. The summed E-state index contributed by atoms with van der Waals surface area (Å²) in [5.74, 6) is -0.944. The summed E-state index contributed by atoms with van der Waals surface area (Å²) >= 11 is 0.